The number of rotatable bonds is 0. The van der Waals surface area contributed by atoms with Gasteiger partial charge in [0.2, 0.25) is 0 Å². The molecule has 8 atom stereocenters. The van der Waals surface area contributed by atoms with Crippen molar-refractivity contribution in [2.24, 2.45) is 40.4 Å². The molecule has 0 aliphatic heterocycles. The van der Waals surface area contributed by atoms with Gasteiger partial charge in [-0.15, -0.1) is 0 Å². The van der Waals surface area contributed by atoms with Crippen molar-refractivity contribution in [3.63, 3.8) is 0 Å². The molecular formula is C22H34O2. The van der Waals surface area contributed by atoms with Crippen molar-refractivity contribution in [3.05, 3.63) is 0 Å². The second kappa shape index (κ2) is 5.32. The molecule has 5 fully saturated rings. The Balaban J connectivity index is 1.45. The quantitative estimate of drug-likeness (QED) is 0.696. The van der Waals surface area contributed by atoms with Crippen molar-refractivity contribution in [1.82, 2.24) is 0 Å². The summed E-state index contributed by atoms with van der Waals surface area (Å²) in [4.78, 5) is 12.3. The lowest BCUT2D eigenvalue weighted by molar-refractivity contribution is -0.147. The summed E-state index contributed by atoms with van der Waals surface area (Å²) in [6.07, 6.45) is 14.5. The second-order valence-electron chi connectivity index (χ2n) is 10.4. The zero-order valence-electron chi connectivity index (χ0n) is 15.3. The number of carbonyl (C=O) groups excluding carboxylic acids is 1. The molecule has 0 bridgehead atoms. The van der Waals surface area contributed by atoms with Gasteiger partial charge in [-0.25, -0.2) is 0 Å². The van der Waals surface area contributed by atoms with Gasteiger partial charge in [-0.05, 0) is 105 Å². The van der Waals surface area contributed by atoms with Gasteiger partial charge < -0.3 is 5.11 Å². The van der Waals surface area contributed by atoms with Crippen molar-refractivity contribution in [3.8, 4) is 0 Å². The van der Waals surface area contributed by atoms with Crippen LogP contribution in [0, 0.1) is 40.4 Å². The number of fused-ring (bicyclic) bond motifs is 4. The van der Waals surface area contributed by atoms with E-state index in [2.05, 4.69) is 6.92 Å². The van der Waals surface area contributed by atoms with E-state index in [4.69, 9.17) is 0 Å². The van der Waals surface area contributed by atoms with E-state index < -0.39 is 0 Å². The Hall–Kier alpha value is -0.370. The van der Waals surface area contributed by atoms with Crippen LogP contribution in [0.4, 0.5) is 0 Å². The van der Waals surface area contributed by atoms with Crippen LogP contribution in [0.25, 0.3) is 0 Å². The van der Waals surface area contributed by atoms with Gasteiger partial charge >= 0.3 is 0 Å². The SMILES string of the molecule is C[C@]12CC[C@@H](O)C[C@@H]1CCC1C3CC[C@@H]4CCC(=O)C[C@]34CCC12. The highest BCUT2D eigenvalue weighted by Crippen LogP contribution is 2.69. The van der Waals surface area contributed by atoms with Crippen LogP contribution in [0.3, 0.4) is 0 Å². The lowest BCUT2D eigenvalue weighted by Gasteiger charge is -2.62. The van der Waals surface area contributed by atoms with E-state index in [0.29, 0.717) is 16.6 Å². The van der Waals surface area contributed by atoms with E-state index >= 15 is 0 Å². The highest BCUT2D eigenvalue weighted by molar-refractivity contribution is 5.80. The Morgan fingerprint density at radius 1 is 0.917 bits per heavy atom. The van der Waals surface area contributed by atoms with Crippen molar-refractivity contribution in [2.75, 3.05) is 0 Å². The number of aliphatic hydroxyl groups excluding tert-OH is 1. The number of ketones is 1. The fourth-order valence-corrected chi connectivity index (χ4v) is 8.74. The molecule has 1 N–H and O–H groups in total. The zero-order valence-corrected chi connectivity index (χ0v) is 15.3. The normalized spacial score (nSPS) is 56.8. The molecule has 0 aromatic rings. The fraction of sp³-hybridized carbons (Fsp3) is 0.955. The smallest absolute Gasteiger partial charge is 0.133 e. The van der Waals surface area contributed by atoms with Gasteiger partial charge in [-0.1, -0.05) is 6.92 Å². The Morgan fingerprint density at radius 3 is 2.62 bits per heavy atom. The third kappa shape index (κ3) is 2.01. The maximum absolute atomic E-state index is 12.3. The minimum atomic E-state index is -0.0404. The van der Waals surface area contributed by atoms with E-state index in [-0.39, 0.29) is 6.10 Å². The predicted molar refractivity (Wildman–Crippen MR) is 94.4 cm³/mol. The molecule has 3 unspecified atom stereocenters. The van der Waals surface area contributed by atoms with E-state index in [0.717, 1.165) is 55.3 Å². The summed E-state index contributed by atoms with van der Waals surface area (Å²) in [5.74, 6) is 4.77. The highest BCUT2D eigenvalue weighted by atomic mass is 16.3. The summed E-state index contributed by atoms with van der Waals surface area (Å²) < 4.78 is 0. The molecule has 2 nitrogen and oxygen atoms in total. The topological polar surface area (TPSA) is 37.3 Å². The third-order valence-corrected chi connectivity index (χ3v) is 9.83. The Morgan fingerprint density at radius 2 is 1.75 bits per heavy atom. The van der Waals surface area contributed by atoms with Gasteiger partial charge in [0.05, 0.1) is 6.10 Å². The van der Waals surface area contributed by atoms with Crippen LogP contribution in [-0.4, -0.2) is 17.0 Å². The molecule has 5 aliphatic rings. The van der Waals surface area contributed by atoms with Crippen LogP contribution in [0.1, 0.15) is 84.0 Å². The van der Waals surface area contributed by atoms with Gasteiger partial charge in [0.15, 0.2) is 0 Å². The van der Waals surface area contributed by atoms with E-state index in [1.807, 2.05) is 0 Å². The number of hydrogen-bond acceptors (Lipinski definition) is 2. The monoisotopic (exact) mass is 330 g/mol. The van der Waals surface area contributed by atoms with Crippen LogP contribution in [0.15, 0.2) is 0 Å². The van der Waals surface area contributed by atoms with Crippen molar-refractivity contribution < 1.29 is 9.90 Å². The molecule has 0 heterocycles. The highest BCUT2D eigenvalue weighted by Gasteiger charge is 2.62. The molecule has 5 saturated carbocycles. The van der Waals surface area contributed by atoms with Gasteiger partial charge in [-0.2, -0.15) is 0 Å². The molecule has 0 radical (unpaired) electrons. The van der Waals surface area contributed by atoms with E-state index in [1.54, 1.807) is 0 Å². The summed E-state index contributed by atoms with van der Waals surface area (Å²) in [6, 6.07) is 0. The lowest BCUT2D eigenvalue weighted by atomic mass is 9.43. The van der Waals surface area contributed by atoms with E-state index in [1.165, 1.54) is 51.4 Å². The van der Waals surface area contributed by atoms with E-state index in [9.17, 15) is 9.90 Å². The van der Waals surface area contributed by atoms with Crippen LogP contribution in [-0.2, 0) is 4.79 Å². The van der Waals surface area contributed by atoms with Gasteiger partial charge in [0, 0.05) is 12.8 Å². The Labute approximate surface area is 146 Å². The van der Waals surface area contributed by atoms with Crippen LogP contribution < -0.4 is 0 Å². The Bertz CT molecular complexity index is 542. The van der Waals surface area contributed by atoms with Gasteiger partial charge in [0.25, 0.3) is 0 Å². The first-order chi connectivity index (χ1) is 11.5. The average Bonchev–Trinajstić information content (AvgIpc) is 2.94. The standard InChI is InChI=1S/C22H34O2/c1-21-10-8-16(23)12-15(21)3-6-18-19(21)9-11-22-13-17(24)5-2-14(22)4-7-20(18)22/h14-16,18-20,23H,2-13H2,1H3/t14-,15-,16+,18?,19?,20?,21-,22-/m0/s1. The Kier molecular flexibility index (Phi) is 3.51. The minimum Gasteiger partial charge on any atom is -0.393 e. The number of aliphatic hydroxyl groups is 1. The molecular weight excluding hydrogens is 296 g/mol. The minimum absolute atomic E-state index is 0.0404. The first-order valence-electron chi connectivity index (χ1n) is 10.7. The summed E-state index contributed by atoms with van der Waals surface area (Å²) in [6.45, 7) is 2.57. The van der Waals surface area contributed by atoms with Crippen molar-refractivity contribution in [2.45, 2.75) is 90.1 Å². The maximum atomic E-state index is 12.3. The third-order valence-electron chi connectivity index (χ3n) is 9.83. The number of Topliss-reactive ketones (excluding diaryl/α,β-unsaturated/α-hetero) is 1. The summed E-state index contributed by atoms with van der Waals surface area (Å²) in [5, 5.41) is 10.2. The maximum Gasteiger partial charge on any atom is 0.133 e. The molecule has 24 heavy (non-hydrogen) atoms. The van der Waals surface area contributed by atoms with Crippen LogP contribution >= 0.6 is 0 Å². The summed E-state index contributed by atoms with van der Waals surface area (Å²) in [5.41, 5.74) is 0.883. The van der Waals surface area contributed by atoms with Crippen molar-refractivity contribution >= 4 is 5.78 Å². The van der Waals surface area contributed by atoms with Gasteiger partial charge in [-0.3, -0.25) is 4.79 Å². The lowest BCUT2D eigenvalue weighted by Crippen LogP contribution is -2.55. The van der Waals surface area contributed by atoms with Crippen LogP contribution in [0.5, 0.6) is 0 Å². The fourth-order valence-electron chi connectivity index (χ4n) is 8.74. The molecule has 0 amide bonds. The largest absolute Gasteiger partial charge is 0.393 e. The molecule has 5 aliphatic carbocycles. The van der Waals surface area contributed by atoms with Gasteiger partial charge in [0.1, 0.15) is 5.78 Å². The number of hydrogen-bond donors (Lipinski definition) is 1. The average molecular weight is 331 g/mol. The molecule has 2 heteroatoms. The molecule has 5 rings (SSSR count). The molecule has 0 saturated heterocycles. The molecule has 0 aromatic heterocycles. The summed E-state index contributed by atoms with van der Waals surface area (Å²) in [7, 11) is 0. The first kappa shape index (κ1) is 15.9. The number of carbonyl (C=O) groups is 1. The zero-order chi connectivity index (χ0) is 16.5. The predicted octanol–water partition coefficient (Wildman–Crippen LogP) is 4.74. The van der Waals surface area contributed by atoms with Crippen molar-refractivity contribution in [1.29, 1.82) is 0 Å². The molecule has 134 valence electrons. The second-order valence-corrected chi connectivity index (χ2v) is 10.4. The first-order valence-corrected chi connectivity index (χ1v) is 10.7. The molecule has 0 aromatic carbocycles. The summed E-state index contributed by atoms with van der Waals surface area (Å²) >= 11 is 0. The molecule has 1 spiro atoms. The van der Waals surface area contributed by atoms with Crippen LogP contribution in [0.2, 0.25) is 0 Å².